The summed E-state index contributed by atoms with van der Waals surface area (Å²) in [6.07, 6.45) is 0. The molecule has 51 heavy (non-hydrogen) atoms. The molecule has 0 saturated heterocycles. The first-order valence-corrected chi connectivity index (χ1v) is 17.4. The van der Waals surface area contributed by atoms with Gasteiger partial charge in [-0.05, 0) is 77.4 Å². The SMILES string of the molecule is c1ccc(-c2ccc(-n3c4ccccc4c4cc(-c5ccc6c7ccccc7n(-c7ccccc7)c6c5)ccc43)c3c2oc2ccccc23)cc1. The van der Waals surface area contributed by atoms with Gasteiger partial charge in [-0.2, -0.15) is 0 Å². The normalized spacial score (nSPS) is 11.9. The van der Waals surface area contributed by atoms with E-state index in [0.29, 0.717) is 0 Å². The zero-order valence-corrected chi connectivity index (χ0v) is 27.6. The Morgan fingerprint density at radius 2 is 0.941 bits per heavy atom. The number of rotatable bonds is 4. The molecule has 0 amide bonds. The number of nitrogens with zero attached hydrogens (tertiary/aromatic N) is 2. The smallest absolute Gasteiger partial charge is 0.145 e. The lowest BCUT2D eigenvalue weighted by molar-refractivity contribution is 0.670. The third-order valence-corrected chi connectivity index (χ3v) is 10.5. The van der Waals surface area contributed by atoms with Gasteiger partial charge in [0.15, 0.2) is 0 Å². The predicted molar refractivity (Wildman–Crippen MR) is 213 cm³/mol. The van der Waals surface area contributed by atoms with Gasteiger partial charge in [-0.25, -0.2) is 0 Å². The predicted octanol–water partition coefficient (Wildman–Crippen LogP) is 13.1. The molecule has 238 valence electrons. The average molecular weight is 651 g/mol. The van der Waals surface area contributed by atoms with Gasteiger partial charge in [-0.15, -0.1) is 0 Å². The number of fused-ring (bicyclic) bond motifs is 9. The van der Waals surface area contributed by atoms with E-state index >= 15 is 0 Å². The standard InChI is InChI=1S/C48H30N2O/c1-3-13-31(14-4-1)35-26-28-44(47-39-19-9-12-22-46(39)51-48(35)47)50-42-21-11-8-18-37(42)40-29-32(24-27-43(40)50)33-23-25-38-36-17-7-10-20-41(36)49(45(38)30-33)34-15-5-2-6-16-34/h1-30H. The molecule has 0 radical (unpaired) electrons. The summed E-state index contributed by atoms with van der Waals surface area (Å²) in [6, 6.07) is 65.4. The summed E-state index contributed by atoms with van der Waals surface area (Å²) in [5.41, 5.74) is 13.4. The fraction of sp³-hybridized carbons (Fsp3) is 0. The Bertz CT molecular complexity index is 3130. The molecule has 0 spiro atoms. The maximum absolute atomic E-state index is 6.66. The quantitative estimate of drug-likeness (QED) is 0.186. The number of hydrogen-bond donors (Lipinski definition) is 0. The van der Waals surface area contributed by atoms with Crippen LogP contribution < -0.4 is 0 Å². The maximum Gasteiger partial charge on any atom is 0.145 e. The molecule has 0 unspecified atom stereocenters. The Hall–Kier alpha value is -6.84. The van der Waals surface area contributed by atoms with Gasteiger partial charge in [0.2, 0.25) is 0 Å². The van der Waals surface area contributed by atoms with Crippen LogP contribution in [0.5, 0.6) is 0 Å². The zero-order chi connectivity index (χ0) is 33.5. The van der Waals surface area contributed by atoms with Gasteiger partial charge in [0.1, 0.15) is 11.2 Å². The molecule has 0 aliphatic heterocycles. The summed E-state index contributed by atoms with van der Waals surface area (Å²) in [6.45, 7) is 0. The topological polar surface area (TPSA) is 23.0 Å². The Labute approximate surface area is 293 Å². The van der Waals surface area contributed by atoms with Crippen molar-refractivity contribution in [3.8, 4) is 33.6 Å². The Morgan fingerprint density at radius 1 is 0.353 bits per heavy atom. The maximum atomic E-state index is 6.66. The van der Waals surface area contributed by atoms with E-state index in [1.807, 2.05) is 6.07 Å². The van der Waals surface area contributed by atoms with Crippen molar-refractivity contribution in [3.05, 3.63) is 182 Å². The highest BCUT2D eigenvalue weighted by atomic mass is 16.3. The number of para-hydroxylation sites is 4. The van der Waals surface area contributed by atoms with Crippen molar-refractivity contribution in [1.29, 1.82) is 0 Å². The van der Waals surface area contributed by atoms with Crippen LogP contribution in [0.15, 0.2) is 186 Å². The first-order chi connectivity index (χ1) is 25.3. The summed E-state index contributed by atoms with van der Waals surface area (Å²) >= 11 is 0. The van der Waals surface area contributed by atoms with E-state index < -0.39 is 0 Å². The van der Waals surface area contributed by atoms with Gasteiger partial charge in [-0.1, -0.05) is 121 Å². The molecule has 0 N–H and O–H groups in total. The van der Waals surface area contributed by atoms with Crippen molar-refractivity contribution in [2.24, 2.45) is 0 Å². The van der Waals surface area contributed by atoms with Gasteiger partial charge >= 0.3 is 0 Å². The third-order valence-electron chi connectivity index (χ3n) is 10.5. The number of hydrogen-bond acceptors (Lipinski definition) is 1. The minimum absolute atomic E-state index is 0.892. The molecule has 8 aromatic carbocycles. The molecular formula is C48H30N2O. The van der Waals surface area contributed by atoms with Crippen molar-refractivity contribution in [2.75, 3.05) is 0 Å². The van der Waals surface area contributed by atoms with Crippen molar-refractivity contribution in [1.82, 2.24) is 9.13 Å². The Morgan fingerprint density at radius 3 is 1.75 bits per heavy atom. The van der Waals surface area contributed by atoms with Crippen molar-refractivity contribution < 1.29 is 4.42 Å². The van der Waals surface area contributed by atoms with Crippen LogP contribution in [-0.4, -0.2) is 9.13 Å². The molecule has 0 fully saturated rings. The molecule has 0 bridgehead atoms. The Kier molecular flexibility index (Phi) is 5.96. The molecule has 0 aliphatic rings. The average Bonchev–Trinajstić information content (AvgIpc) is 3.86. The lowest BCUT2D eigenvalue weighted by Crippen LogP contribution is -1.95. The summed E-state index contributed by atoms with van der Waals surface area (Å²) in [5.74, 6) is 0. The second-order valence-corrected chi connectivity index (χ2v) is 13.3. The van der Waals surface area contributed by atoms with E-state index in [2.05, 4.69) is 185 Å². The van der Waals surface area contributed by atoms with Gasteiger partial charge in [0.25, 0.3) is 0 Å². The zero-order valence-electron chi connectivity index (χ0n) is 27.6. The van der Waals surface area contributed by atoms with Crippen LogP contribution in [-0.2, 0) is 0 Å². The van der Waals surface area contributed by atoms with E-state index in [-0.39, 0.29) is 0 Å². The highest BCUT2D eigenvalue weighted by Gasteiger charge is 2.21. The highest BCUT2D eigenvalue weighted by Crippen LogP contribution is 2.43. The van der Waals surface area contributed by atoms with Gasteiger partial charge in [0, 0.05) is 38.2 Å². The minimum Gasteiger partial charge on any atom is -0.455 e. The van der Waals surface area contributed by atoms with Crippen LogP contribution in [0.1, 0.15) is 0 Å². The fourth-order valence-electron chi connectivity index (χ4n) is 8.26. The number of aromatic nitrogens is 2. The molecule has 0 aliphatic carbocycles. The van der Waals surface area contributed by atoms with E-state index in [9.17, 15) is 0 Å². The second-order valence-electron chi connectivity index (χ2n) is 13.3. The molecular weight excluding hydrogens is 621 g/mol. The Balaban J connectivity index is 1.15. The van der Waals surface area contributed by atoms with Crippen LogP contribution >= 0.6 is 0 Å². The van der Waals surface area contributed by atoms with Crippen LogP contribution in [0.4, 0.5) is 0 Å². The minimum atomic E-state index is 0.892. The largest absolute Gasteiger partial charge is 0.455 e. The second kappa shape index (κ2) is 10.8. The summed E-state index contributed by atoms with van der Waals surface area (Å²) in [4.78, 5) is 0. The van der Waals surface area contributed by atoms with Crippen LogP contribution in [0.3, 0.4) is 0 Å². The molecule has 3 nitrogen and oxygen atoms in total. The molecule has 0 atom stereocenters. The van der Waals surface area contributed by atoms with E-state index in [4.69, 9.17) is 4.42 Å². The van der Waals surface area contributed by atoms with Gasteiger partial charge in [-0.3, -0.25) is 0 Å². The molecule has 3 heteroatoms. The van der Waals surface area contributed by atoms with Gasteiger partial charge in [0.05, 0.1) is 33.1 Å². The lowest BCUT2D eigenvalue weighted by atomic mass is 10.0. The summed E-state index contributed by atoms with van der Waals surface area (Å²) in [7, 11) is 0. The summed E-state index contributed by atoms with van der Waals surface area (Å²) in [5, 5.41) is 7.20. The third kappa shape index (κ3) is 4.12. The van der Waals surface area contributed by atoms with Crippen molar-refractivity contribution in [3.63, 3.8) is 0 Å². The lowest BCUT2D eigenvalue weighted by Gasteiger charge is -2.12. The molecule has 3 aromatic heterocycles. The van der Waals surface area contributed by atoms with E-state index in [1.165, 1.54) is 54.7 Å². The first kappa shape index (κ1) is 28.0. The molecule has 3 heterocycles. The van der Waals surface area contributed by atoms with Crippen molar-refractivity contribution in [2.45, 2.75) is 0 Å². The van der Waals surface area contributed by atoms with E-state index in [0.717, 1.165) is 44.4 Å². The van der Waals surface area contributed by atoms with Gasteiger partial charge < -0.3 is 13.6 Å². The number of benzene rings is 8. The van der Waals surface area contributed by atoms with Crippen molar-refractivity contribution >= 4 is 65.6 Å². The molecule has 11 rings (SSSR count). The number of furan rings is 1. The summed E-state index contributed by atoms with van der Waals surface area (Å²) < 4.78 is 11.5. The molecule has 0 saturated carbocycles. The fourth-order valence-corrected chi connectivity index (χ4v) is 8.26. The first-order valence-electron chi connectivity index (χ1n) is 17.4. The monoisotopic (exact) mass is 650 g/mol. The van der Waals surface area contributed by atoms with Crippen LogP contribution in [0.2, 0.25) is 0 Å². The molecule has 11 aromatic rings. The van der Waals surface area contributed by atoms with Crippen LogP contribution in [0, 0.1) is 0 Å². The van der Waals surface area contributed by atoms with E-state index in [1.54, 1.807) is 0 Å². The van der Waals surface area contributed by atoms with Crippen LogP contribution in [0.25, 0.3) is 99.2 Å². The highest BCUT2D eigenvalue weighted by molar-refractivity contribution is 6.17.